The summed E-state index contributed by atoms with van der Waals surface area (Å²) in [6.45, 7) is 8.05. The highest BCUT2D eigenvalue weighted by molar-refractivity contribution is 6.48. The molecule has 0 radical (unpaired) electrons. The number of aromatic nitrogens is 1. The summed E-state index contributed by atoms with van der Waals surface area (Å²) < 4.78 is 12.0. The molecule has 1 aromatic heterocycles. The van der Waals surface area contributed by atoms with E-state index in [9.17, 15) is 19.2 Å². The fourth-order valence-corrected chi connectivity index (χ4v) is 5.16. The Balaban J connectivity index is 1.70. The molecule has 3 rings (SSSR count). The number of ketones is 2. The van der Waals surface area contributed by atoms with Crippen molar-refractivity contribution in [2.45, 2.75) is 84.8 Å². The monoisotopic (exact) mass is 465 g/mol. The smallest absolute Gasteiger partial charge is 0.341 e. The van der Waals surface area contributed by atoms with E-state index in [1.807, 2.05) is 27.7 Å². The average Bonchev–Trinajstić information content (AvgIpc) is 3.25. The Labute approximate surface area is 193 Å². The molecule has 176 valence electrons. The van der Waals surface area contributed by atoms with Crippen LogP contribution in [0.4, 0.5) is 0 Å². The second-order valence-corrected chi connectivity index (χ2v) is 10.7. The molecule has 0 spiro atoms. The van der Waals surface area contributed by atoms with Gasteiger partial charge in [-0.1, -0.05) is 18.5 Å². The van der Waals surface area contributed by atoms with Crippen molar-refractivity contribution in [2.75, 3.05) is 7.11 Å². The van der Waals surface area contributed by atoms with Gasteiger partial charge < -0.3 is 14.0 Å². The lowest BCUT2D eigenvalue weighted by molar-refractivity contribution is -0.161. The van der Waals surface area contributed by atoms with E-state index >= 15 is 0 Å². The van der Waals surface area contributed by atoms with E-state index in [2.05, 4.69) is 0 Å². The van der Waals surface area contributed by atoms with Gasteiger partial charge in [0.2, 0.25) is 11.6 Å². The summed E-state index contributed by atoms with van der Waals surface area (Å²) in [6.07, 6.45) is 4.02. The van der Waals surface area contributed by atoms with Crippen molar-refractivity contribution < 1.29 is 28.7 Å². The molecule has 1 aliphatic carbocycles. The van der Waals surface area contributed by atoms with Crippen LogP contribution in [0.5, 0.6) is 0 Å². The van der Waals surface area contributed by atoms with E-state index in [-0.39, 0.29) is 40.0 Å². The van der Waals surface area contributed by atoms with Crippen molar-refractivity contribution in [2.24, 2.45) is 11.3 Å². The summed E-state index contributed by atoms with van der Waals surface area (Å²) in [6, 6.07) is 0. The van der Waals surface area contributed by atoms with Gasteiger partial charge in [-0.15, -0.1) is 0 Å². The van der Waals surface area contributed by atoms with Crippen molar-refractivity contribution in [3.05, 3.63) is 22.0 Å². The molecule has 1 aliphatic heterocycles. The van der Waals surface area contributed by atoms with E-state index in [1.54, 1.807) is 4.57 Å². The summed E-state index contributed by atoms with van der Waals surface area (Å²) in [5.74, 6) is -2.16. The summed E-state index contributed by atoms with van der Waals surface area (Å²) in [5.41, 5.74) is 0.0353. The lowest BCUT2D eigenvalue weighted by atomic mass is 9.69. The molecule has 1 saturated carbocycles. The number of Topliss-reactive ketones (excluding diaryl/α,β-unsaturated/α-hetero) is 2. The van der Waals surface area contributed by atoms with Crippen LogP contribution in [-0.2, 0) is 32.0 Å². The molecule has 0 unspecified atom stereocenters. The highest BCUT2D eigenvalue weighted by Crippen LogP contribution is 2.43. The first-order valence-electron chi connectivity index (χ1n) is 11.2. The van der Waals surface area contributed by atoms with Crippen LogP contribution in [0.3, 0.4) is 0 Å². The maximum absolute atomic E-state index is 13.1. The minimum Gasteiger partial charge on any atom is -0.465 e. The third-order valence-corrected chi connectivity index (χ3v) is 6.85. The van der Waals surface area contributed by atoms with E-state index in [4.69, 9.17) is 21.1 Å². The molecule has 0 bridgehead atoms. The third kappa shape index (κ3) is 4.92. The molecule has 0 amide bonds. The molecule has 0 saturated heterocycles. The zero-order valence-corrected chi connectivity index (χ0v) is 20.3. The normalized spacial score (nSPS) is 22.9. The van der Waals surface area contributed by atoms with Crippen LogP contribution in [0.25, 0.3) is 0 Å². The number of halogens is 1. The number of hydrogen-bond acceptors (Lipinski definition) is 6. The van der Waals surface area contributed by atoms with Crippen LogP contribution in [0, 0.1) is 11.3 Å². The number of carbonyl (C=O) groups is 4. The maximum Gasteiger partial charge on any atom is 0.341 e. The molecule has 8 heteroatoms. The quantitative estimate of drug-likeness (QED) is 0.347. The Kier molecular flexibility index (Phi) is 6.89. The number of nitrogens with zero attached hydrogens (tertiary/aromatic N) is 1. The van der Waals surface area contributed by atoms with Crippen LogP contribution >= 0.6 is 11.6 Å². The summed E-state index contributed by atoms with van der Waals surface area (Å²) >= 11 is 6.40. The molecule has 0 N–H and O–H groups in total. The van der Waals surface area contributed by atoms with Crippen LogP contribution < -0.4 is 0 Å². The summed E-state index contributed by atoms with van der Waals surface area (Å²) in [7, 11) is 1.26. The van der Waals surface area contributed by atoms with E-state index in [0.717, 1.165) is 6.42 Å². The summed E-state index contributed by atoms with van der Waals surface area (Å²) in [4.78, 5) is 50.7. The fourth-order valence-electron chi connectivity index (χ4n) is 4.79. The van der Waals surface area contributed by atoms with Gasteiger partial charge >= 0.3 is 11.9 Å². The molecule has 32 heavy (non-hydrogen) atoms. The number of hydrogen-bond donors (Lipinski definition) is 0. The zero-order valence-electron chi connectivity index (χ0n) is 19.5. The Hall–Kier alpha value is -2.15. The largest absolute Gasteiger partial charge is 0.465 e. The van der Waals surface area contributed by atoms with Gasteiger partial charge in [0.1, 0.15) is 11.3 Å². The van der Waals surface area contributed by atoms with Crippen molar-refractivity contribution in [3.8, 4) is 0 Å². The third-order valence-electron chi connectivity index (χ3n) is 6.49. The van der Waals surface area contributed by atoms with E-state index < -0.39 is 23.1 Å². The standard InChI is InChI=1S/C24H32ClNO6/c1-23(2,3)32-21(29)14-8-10-24(4,11-9-14)13-16(27)20(28)19-18(25)17(22(30)31-5)15-7-6-12-26(15)19/h14H,6-13H2,1-5H3. The SMILES string of the molecule is COC(=O)c1c(Cl)c(C(=O)C(=O)CC2(C)CCC(C(=O)OC(C)(C)C)CC2)n2c1CCC2. The van der Waals surface area contributed by atoms with Gasteiger partial charge in [0, 0.05) is 18.7 Å². The molecular formula is C24H32ClNO6. The Morgan fingerprint density at radius 3 is 2.34 bits per heavy atom. The molecule has 0 aromatic carbocycles. The second kappa shape index (κ2) is 9.00. The summed E-state index contributed by atoms with van der Waals surface area (Å²) in [5, 5.41) is 0.00341. The first kappa shape index (κ1) is 24.5. The molecule has 7 nitrogen and oxygen atoms in total. The Bertz CT molecular complexity index is 947. The number of ether oxygens (including phenoxy) is 2. The van der Waals surface area contributed by atoms with E-state index in [0.29, 0.717) is 44.3 Å². The van der Waals surface area contributed by atoms with Gasteiger partial charge in [-0.25, -0.2) is 4.79 Å². The minimum atomic E-state index is -0.663. The first-order chi connectivity index (χ1) is 14.9. The fraction of sp³-hybridized carbons (Fsp3) is 0.667. The second-order valence-electron chi connectivity index (χ2n) is 10.3. The zero-order chi connectivity index (χ0) is 23.8. The molecule has 2 aliphatic rings. The van der Waals surface area contributed by atoms with Gasteiger partial charge in [-0.3, -0.25) is 14.4 Å². The maximum atomic E-state index is 13.1. The highest BCUT2D eigenvalue weighted by atomic mass is 35.5. The number of esters is 2. The number of rotatable bonds is 6. The molecular weight excluding hydrogens is 434 g/mol. The lowest BCUT2D eigenvalue weighted by Crippen LogP contribution is -2.35. The van der Waals surface area contributed by atoms with Crippen LogP contribution in [-0.4, -0.2) is 40.8 Å². The van der Waals surface area contributed by atoms with Crippen LogP contribution in [0.2, 0.25) is 5.02 Å². The molecule has 1 fully saturated rings. The van der Waals surface area contributed by atoms with Gasteiger partial charge in [0.15, 0.2) is 0 Å². The molecule has 0 atom stereocenters. The van der Waals surface area contributed by atoms with Crippen LogP contribution in [0.1, 0.15) is 92.8 Å². The number of carbonyl (C=O) groups excluding carboxylic acids is 4. The number of fused-ring (bicyclic) bond motifs is 1. The van der Waals surface area contributed by atoms with Crippen molar-refractivity contribution in [1.29, 1.82) is 0 Å². The number of methoxy groups -OCH3 is 1. The van der Waals surface area contributed by atoms with Crippen molar-refractivity contribution >= 4 is 35.1 Å². The predicted molar refractivity (Wildman–Crippen MR) is 119 cm³/mol. The Morgan fingerprint density at radius 1 is 1.16 bits per heavy atom. The highest BCUT2D eigenvalue weighted by Gasteiger charge is 2.40. The van der Waals surface area contributed by atoms with Gasteiger partial charge in [-0.05, 0) is 64.7 Å². The first-order valence-corrected chi connectivity index (χ1v) is 11.5. The van der Waals surface area contributed by atoms with Gasteiger partial charge in [0.25, 0.3) is 0 Å². The lowest BCUT2D eigenvalue weighted by Gasteiger charge is -2.36. The van der Waals surface area contributed by atoms with E-state index in [1.165, 1.54) is 7.11 Å². The van der Waals surface area contributed by atoms with Gasteiger partial charge in [0.05, 0.1) is 23.6 Å². The molecule has 2 heterocycles. The van der Waals surface area contributed by atoms with Crippen molar-refractivity contribution in [1.82, 2.24) is 4.57 Å². The van der Waals surface area contributed by atoms with Crippen molar-refractivity contribution in [3.63, 3.8) is 0 Å². The average molecular weight is 466 g/mol. The van der Waals surface area contributed by atoms with Gasteiger partial charge in [-0.2, -0.15) is 0 Å². The predicted octanol–water partition coefficient (Wildman–Crippen LogP) is 4.55. The Morgan fingerprint density at radius 2 is 1.78 bits per heavy atom. The van der Waals surface area contributed by atoms with Crippen LogP contribution in [0.15, 0.2) is 0 Å². The minimum absolute atomic E-state index is 0.00341. The topological polar surface area (TPSA) is 91.7 Å². The molecule has 1 aromatic rings.